The first-order valence-corrected chi connectivity index (χ1v) is 10.5. The van der Waals surface area contributed by atoms with Crippen LogP contribution in [0.3, 0.4) is 0 Å². The second-order valence-corrected chi connectivity index (χ2v) is 8.42. The van der Waals surface area contributed by atoms with Gasteiger partial charge in [-0.2, -0.15) is 0 Å². The van der Waals surface area contributed by atoms with Gasteiger partial charge in [0.25, 0.3) is 0 Å². The predicted octanol–water partition coefficient (Wildman–Crippen LogP) is 2.87. The molecule has 0 aromatic heterocycles. The van der Waals surface area contributed by atoms with E-state index in [1.165, 1.54) is 14.2 Å². The number of nitrogens with one attached hydrogen (secondary N) is 2. The quantitative estimate of drug-likeness (QED) is 0.415. The van der Waals surface area contributed by atoms with Gasteiger partial charge in [0.05, 0.1) is 19.8 Å². The number of hydrogen-bond acceptors (Lipinski definition) is 7. The normalized spacial score (nSPS) is 13.8. The summed E-state index contributed by atoms with van der Waals surface area (Å²) in [5, 5.41) is 5.05. The average molecular weight is 451 g/mol. The fourth-order valence-electron chi connectivity index (χ4n) is 2.88. The van der Waals surface area contributed by atoms with Gasteiger partial charge in [0.2, 0.25) is 5.91 Å². The van der Waals surface area contributed by atoms with E-state index in [4.69, 9.17) is 14.2 Å². The molecule has 0 radical (unpaired) electrons. The molecule has 0 heterocycles. The number of ketones is 1. The highest BCUT2D eigenvalue weighted by Crippen LogP contribution is 2.20. The van der Waals surface area contributed by atoms with Crippen molar-refractivity contribution in [3.05, 3.63) is 29.8 Å². The molecule has 0 aliphatic rings. The molecule has 0 bridgehead atoms. The molecular weight excluding hydrogens is 416 g/mol. The minimum atomic E-state index is -1.28. The Morgan fingerprint density at radius 2 is 1.66 bits per heavy atom. The zero-order valence-corrected chi connectivity index (χ0v) is 19.8. The molecule has 2 N–H and O–H groups in total. The molecule has 0 spiro atoms. The third-order valence-electron chi connectivity index (χ3n) is 4.77. The summed E-state index contributed by atoms with van der Waals surface area (Å²) in [6.07, 6.45) is -0.617. The summed E-state index contributed by atoms with van der Waals surface area (Å²) >= 11 is 0. The molecule has 0 aliphatic carbocycles. The molecule has 1 aromatic rings. The third kappa shape index (κ3) is 8.20. The van der Waals surface area contributed by atoms with E-state index in [-0.39, 0.29) is 17.9 Å². The first kappa shape index (κ1) is 26.9. The van der Waals surface area contributed by atoms with Crippen LogP contribution in [0.25, 0.3) is 0 Å². The van der Waals surface area contributed by atoms with Gasteiger partial charge in [-0.1, -0.05) is 32.4 Å². The van der Waals surface area contributed by atoms with Gasteiger partial charge in [-0.25, -0.2) is 9.59 Å². The number of carbonyl (C=O) groups is 4. The van der Waals surface area contributed by atoms with Crippen molar-refractivity contribution < 1.29 is 33.4 Å². The molecule has 2 amide bonds. The highest BCUT2D eigenvalue weighted by Gasteiger charge is 2.33. The van der Waals surface area contributed by atoms with E-state index in [9.17, 15) is 19.2 Å². The summed E-state index contributed by atoms with van der Waals surface area (Å²) in [7, 11) is 2.66. The Morgan fingerprint density at radius 1 is 1.03 bits per heavy atom. The summed E-state index contributed by atoms with van der Waals surface area (Å²) in [4.78, 5) is 50.5. The van der Waals surface area contributed by atoms with Gasteiger partial charge in [-0.05, 0) is 38.8 Å². The summed E-state index contributed by atoms with van der Waals surface area (Å²) in [6, 6.07) is 4.37. The van der Waals surface area contributed by atoms with Gasteiger partial charge in [-0.15, -0.1) is 0 Å². The van der Waals surface area contributed by atoms with Crippen molar-refractivity contribution in [2.45, 2.75) is 65.1 Å². The number of amides is 2. The lowest BCUT2D eigenvalue weighted by Gasteiger charge is -2.26. The second kappa shape index (κ2) is 12.1. The molecule has 0 saturated carbocycles. The molecule has 0 fully saturated rings. The van der Waals surface area contributed by atoms with Gasteiger partial charge in [0, 0.05) is 6.42 Å². The fourth-order valence-corrected chi connectivity index (χ4v) is 2.88. The third-order valence-corrected chi connectivity index (χ3v) is 4.77. The van der Waals surface area contributed by atoms with Crippen molar-refractivity contribution in [1.29, 1.82) is 0 Å². The number of alkyl carbamates (subject to hydrolysis) is 1. The van der Waals surface area contributed by atoms with E-state index in [0.717, 1.165) is 0 Å². The highest BCUT2D eigenvalue weighted by molar-refractivity contribution is 6.02. The number of carbonyl (C=O) groups excluding carboxylic acids is 4. The van der Waals surface area contributed by atoms with Crippen LogP contribution in [-0.2, 0) is 19.1 Å². The van der Waals surface area contributed by atoms with Crippen molar-refractivity contribution >= 4 is 23.8 Å². The molecular formula is C23H34N2O7. The Hall–Kier alpha value is -3.10. The van der Waals surface area contributed by atoms with Gasteiger partial charge in [-0.3, -0.25) is 9.59 Å². The van der Waals surface area contributed by atoms with Crippen molar-refractivity contribution in [3.8, 4) is 5.75 Å². The van der Waals surface area contributed by atoms with Crippen molar-refractivity contribution in [3.63, 3.8) is 0 Å². The second-order valence-electron chi connectivity index (χ2n) is 8.42. The molecule has 9 nitrogen and oxygen atoms in total. The maximum absolute atomic E-state index is 13.0. The summed E-state index contributed by atoms with van der Waals surface area (Å²) in [5.74, 6) is -1.61. The van der Waals surface area contributed by atoms with Crippen molar-refractivity contribution in [2.24, 2.45) is 5.92 Å². The summed E-state index contributed by atoms with van der Waals surface area (Å²) < 4.78 is 15.2. The first-order valence-electron chi connectivity index (χ1n) is 10.5. The number of esters is 1. The van der Waals surface area contributed by atoms with E-state index < -0.39 is 41.4 Å². The number of para-hydroxylation sites is 1. The fraction of sp³-hybridized carbons (Fsp3) is 0.565. The Balaban J connectivity index is 3.15. The van der Waals surface area contributed by atoms with Crippen LogP contribution in [0.5, 0.6) is 5.75 Å². The standard InChI is InChI=1S/C23H34N2O7/c1-8-14(2)19(21(28)31-7)25-20(27)16(24-22(29)32-23(3,4)5)13-17(26)15-11-9-10-12-18(15)30-6/h9-12,14,16,19H,8,13H2,1-7H3,(H,24,29)(H,25,27)/t14-,16-,19-/m0/s1. The SMILES string of the molecule is CC[C@H](C)[C@H](NC(=O)[C@H](CC(=O)c1ccccc1OC)NC(=O)OC(C)(C)C)C(=O)OC. The topological polar surface area (TPSA) is 120 Å². The minimum Gasteiger partial charge on any atom is -0.496 e. The molecule has 1 aromatic carbocycles. The smallest absolute Gasteiger partial charge is 0.408 e. The van der Waals surface area contributed by atoms with Gasteiger partial charge in [0.1, 0.15) is 23.4 Å². The molecule has 178 valence electrons. The lowest BCUT2D eigenvalue weighted by atomic mass is 9.97. The van der Waals surface area contributed by atoms with Gasteiger partial charge < -0.3 is 24.8 Å². The van der Waals surface area contributed by atoms with Crippen LogP contribution in [0, 0.1) is 5.92 Å². The molecule has 9 heteroatoms. The van der Waals surface area contributed by atoms with Crippen LogP contribution in [0.2, 0.25) is 0 Å². The molecule has 0 aliphatic heterocycles. The van der Waals surface area contributed by atoms with Crippen molar-refractivity contribution in [1.82, 2.24) is 10.6 Å². The number of benzene rings is 1. The Kier molecular flexibility index (Phi) is 10.2. The van der Waals surface area contributed by atoms with E-state index >= 15 is 0 Å². The first-order chi connectivity index (χ1) is 14.9. The van der Waals surface area contributed by atoms with Crippen LogP contribution in [0.15, 0.2) is 24.3 Å². The van der Waals surface area contributed by atoms with E-state index in [2.05, 4.69) is 10.6 Å². The van der Waals surface area contributed by atoms with Crippen molar-refractivity contribution in [2.75, 3.05) is 14.2 Å². The van der Waals surface area contributed by atoms with E-state index in [0.29, 0.717) is 12.2 Å². The van der Waals surface area contributed by atoms with E-state index in [1.807, 2.05) is 6.92 Å². The van der Waals surface area contributed by atoms with Crippen LogP contribution >= 0.6 is 0 Å². The zero-order chi connectivity index (χ0) is 24.5. The molecule has 1 rings (SSSR count). The molecule has 0 saturated heterocycles. The number of Topliss-reactive ketones (excluding diaryl/α,β-unsaturated/α-hetero) is 1. The molecule has 32 heavy (non-hydrogen) atoms. The number of hydrogen-bond donors (Lipinski definition) is 2. The highest BCUT2D eigenvalue weighted by atomic mass is 16.6. The monoisotopic (exact) mass is 450 g/mol. The lowest BCUT2D eigenvalue weighted by molar-refractivity contribution is -0.146. The maximum atomic E-state index is 13.0. The Bertz CT molecular complexity index is 817. The summed E-state index contributed by atoms with van der Waals surface area (Å²) in [5.41, 5.74) is -0.534. The average Bonchev–Trinajstić information content (AvgIpc) is 2.74. The number of methoxy groups -OCH3 is 2. The van der Waals surface area contributed by atoms with Gasteiger partial charge >= 0.3 is 12.1 Å². The van der Waals surface area contributed by atoms with E-state index in [1.54, 1.807) is 52.0 Å². The zero-order valence-electron chi connectivity index (χ0n) is 19.8. The van der Waals surface area contributed by atoms with Crippen LogP contribution in [-0.4, -0.2) is 55.7 Å². The molecule has 0 unspecified atom stereocenters. The van der Waals surface area contributed by atoms with Gasteiger partial charge in [0.15, 0.2) is 5.78 Å². The maximum Gasteiger partial charge on any atom is 0.408 e. The van der Waals surface area contributed by atoms with Crippen LogP contribution in [0.4, 0.5) is 4.79 Å². The predicted molar refractivity (Wildman–Crippen MR) is 119 cm³/mol. The summed E-state index contributed by atoms with van der Waals surface area (Å²) in [6.45, 7) is 8.69. The Labute approximate surface area is 189 Å². The number of rotatable bonds is 10. The van der Waals surface area contributed by atoms with Crippen LogP contribution in [0.1, 0.15) is 57.8 Å². The number of ether oxygens (including phenoxy) is 3. The van der Waals surface area contributed by atoms with Crippen LogP contribution < -0.4 is 15.4 Å². The minimum absolute atomic E-state index is 0.224. The largest absolute Gasteiger partial charge is 0.496 e. The Morgan fingerprint density at radius 3 is 2.19 bits per heavy atom. The lowest BCUT2D eigenvalue weighted by Crippen LogP contribution is -2.54. The molecule has 3 atom stereocenters.